The highest BCUT2D eigenvalue weighted by molar-refractivity contribution is 7.01. The summed E-state index contributed by atoms with van der Waals surface area (Å²) in [5.74, 6) is 0. The lowest BCUT2D eigenvalue weighted by Gasteiger charge is -2.29. The summed E-state index contributed by atoms with van der Waals surface area (Å²) in [5.41, 5.74) is 0. The third-order valence-electron chi connectivity index (χ3n) is 3.00. The largest absolute Gasteiger partial charge is 0.538 e. The highest BCUT2D eigenvalue weighted by Crippen LogP contribution is 2.18. The Morgan fingerprint density at radius 3 is 2.17 bits per heavy atom. The molecule has 18 heavy (non-hydrogen) atoms. The molecule has 0 unspecified atom stereocenters. The van der Waals surface area contributed by atoms with E-state index in [1.165, 1.54) is 8.88 Å². The Labute approximate surface area is 125 Å². The molecule has 1 aromatic rings. The predicted octanol–water partition coefficient (Wildman–Crippen LogP) is 2.73. The van der Waals surface area contributed by atoms with Crippen LogP contribution in [0.2, 0.25) is 12.1 Å². The van der Waals surface area contributed by atoms with Gasteiger partial charge in [0.05, 0.1) is 0 Å². The van der Waals surface area contributed by atoms with Crippen molar-refractivity contribution in [1.29, 1.82) is 0 Å². The van der Waals surface area contributed by atoms with Crippen molar-refractivity contribution in [2.45, 2.75) is 19.0 Å². The van der Waals surface area contributed by atoms with Crippen molar-refractivity contribution < 1.29 is 4.43 Å². The van der Waals surface area contributed by atoms with Gasteiger partial charge in [-0.3, -0.25) is 0 Å². The van der Waals surface area contributed by atoms with E-state index in [0.717, 1.165) is 18.7 Å². The Balaban J connectivity index is 3.11. The highest BCUT2D eigenvalue weighted by Gasteiger charge is 2.34. The summed E-state index contributed by atoms with van der Waals surface area (Å²) in [7, 11) is 3.99. The van der Waals surface area contributed by atoms with Crippen LogP contribution in [0.25, 0.3) is 0 Å². The van der Waals surface area contributed by atoms with Gasteiger partial charge < -0.3 is 13.5 Å². The number of rotatable bonds is 8. The van der Waals surface area contributed by atoms with E-state index in [1.54, 1.807) is 0 Å². The van der Waals surface area contributed by atoms with E-state index in [2.05, 4.69) is 37.4 Å². The molecule has 0 heterocycles. The third-order valence-corrected chi connectivity index (χ3v) is 8.83. The summed E-state index contributed by atoms with van der Waals surface area (Å²) in [6, 6.07) is 10.5. The van der Waals surface area contributed by atoms with Gasteiger partial charge in [-0.15, -0.1) is 16.9 Å². The second kappa shape index (κ2) is 8.17. The van der Waals surface area contributed by atoms with Gasteiger partial charge in [0.1, 0.15) is 0 Å². The van der Waals surface area contributed by atoms with E-state index in [0.29, 0.717) is 0 Å². The maximum absolute atomic E-state index is 6.14. The number of halogens is 1. The molecule has 0 bridgehead atoms. The average Bonchev–Trinajstić information content (AvgIpc) is 2.39. The predicted molar refractivity (Wildman–Crippen MR) is 84.7 cm³/mol. The lowest BCUT2D eigenvalue weighted by atomic mass is 10.4. The molecule has 0 saturated carbocycles. The van der Waals surface area contributed by atoms with E-state index < -0.39 is 27.6 Å². The fourth-order valence-electron chi connectivity index (χ4n) is 2.16. The molecule has 0 N–H and O–H groups in total. The Hall–Kier alpha value is -0.0669. The fourth-order valence-corrected chi connectivity index (χ4v) is 6.41. The van der Waals surface area contributed by atoms with E-state index in [4.69, 9.17) is 13.5 Å². The van der Waals surface area contributed by atoms with Crippen LogP contribution in [0.5, 0.6) is 0 Å². The molecule has 0 aliphatic rings. The summed E-state index contributed by atoms with van der Waals surface area (Å²) in [6.07, 6.45) is 3.94. The Morgan fingerprint density at radius 2 is 1.78 bits per heavy atom. The smallest absolute Gasteiger partial charge is 0.412 e. The minimum atomic E-state index is -1.97. The average molecular weight is 291 g/mol. The lowest BCUT2D eigenvalue weighted by molar-refractivity contribution is 0.333. The number of hydrogen-bond donors (Lipinski definition) is 0. The maximum Gasteiger partial charge on any atom is 0.538 e. The summed E-state index contributed by atoms with van der Waals surface area (Å²) in [5, 5.41) is 1.31. The van der Waals surface area contributed by atoms with Crippen LogP contribution in [0.4, 0.5) is 0 Å². The van der Waals surface area contributed by atoms with E-state index in [-0.39, 0.29) is 0 Å². The summed E-state index contributed by atoms with van der Waals surface area (Å²) in [6.45, 7) is 10.5. The summed E-state index contributed by atoms with van der Waals surface area (Å²) in [4.78, 5) is 0. The van der Waals surface area contributed by atoms with Gasteiger partial charge in [-0.1, -0.05) is 36.4 Å². The van der Waals surface area contributed by atoms with Crippen LogP contribution in [-0.4, -0.2) is 34.2 Å². The fraction of sp³-hybridized carbons (Fsp3) is 0.286. The minimum absolute atomic E-state index is 0.597. The first-order valence-electron chi connectivity index (χ1n) is 6.23. The zero-order valence-corrected chi connectivity index (χ0v) is 14.2. The van der Waals surface area contributed by atoms with E-state index >= 15 is 0 Å². The van der Waals surface area contributed by atoms with Gasteiger partial charge in [-0.2, -0.15) is 0 Å². The molecule has 0 spiro atoms. The van der Waals surface area contributed by atoms with Crippen molar-refractivity contribution >= 4 is 45.5 Å². The Kier molecular flexibility index (Phi) is 7.26. The molecule has 0 aromatic heterocycles. The SMILES string of the molecule is C=CC[Si](CC=C)(OCC)c1cc[c]([Mg][Cl])cc1. The zero-order valence-electron chi connectivity index (χ0n) is 11.0. The summed E-state index contributed by atoms with van der Waals surface area (Å²) < 4.78 is 7.42. The second-order valence-electron chi connectivity index (χ2n) is 4.24. The number of hydrogen-bond acceptors (Lipinski definition) is 1. The van der Waals surface area contributed by atoms with Gasteiger partial charge in [0.15, 0.2) is 0 Å². The van der Waals surface area contributed by atoms with Gasteiger partial charge >= 0.3 is 19.3 Å². The normalized spacial score (nSPS) is 10.8. The molecule has 1 aromatic carbocycles. The van der Waals surface area contributed by atoms with Crippen molar-refractivity contribution in [2.24, 2.45) is 0 Å². The molecule has 0 aliphatic heterocycles. The van der Waals surface area contributed by atoms with Crippen LogP contribution in [0.3, 0.4) is 0 Å². The monoisotopic (exact) mass is 290 g/mol. The first kappa shape index (κ1) is 16.0. The molecule has 1 rings (SSSR count). The van der Waals surface area contributed by atoms with Gasteiger partial charge in [0, 0.05) is 6.61 Å². The number of allylic oxidation sites excluding steroid dienone is 2. The van der Waals surface area contributed by atoms with Crippen LogP contribution in [-0.2, 0) is 4.43 Å². The molecule has 94 valence electrons. The molecular weight excluding hydrogens is 272 g/mol. The van der Waals surface area contributed by atoms with Gasteiger partial charge in [-0.05, 0) is 24.2 Å². The zero-order chi connectivity index (χ0) is 13.4. The molecule has 0 amide bonds. The molecule has 0 aliphatic carbocycles. The van der Waals surface area contributed by atoms with Crippen molar-refractivity contribution in [3.05, 3.63) is 49.6 Å². The minimum Gasteiger partial charge on any atom is -0.412 e. The van der Waals surface area contributed by atoms with Gasteiger partial charge in [-0.25, -0.2) is 0 Å². The number of benzene rings is 1. The van der Waals surface area contributed by atoms with Crippen molar-refractivity contribution in [3.63, 3.8) is 0 Å². The lowest BCUT2D eigenvalue weighted by Crippen LogP contribution is -2.50. The molecule has 4 heteroatoms. The first-order chi connectivity index (χ1) is 8.72. The molecule has 0 atom stereocenters. The molecule has 0 saturated heterocycles. The molecule has 0 radical (unpaired) electrons. The van der Waals surface area contributed by atoms with Crippen LogP contribution in [0, 0.1) is 0 Å². The molecular formula is C14H19ClMgOSi. The summed E-state index contributed by atoms with van der Waals surface area (Å²) >= 11 is -0.597. The topological polar surface area (TPSA) is 9.23 Å². The second-order valence-corrected chi connectivity index (χ2v) is 9.80. The Bertz CT molecular complexity index is 381. The van der Waals surface area contributed by atoms with Crippen molar-refractivity contribution in [3.8, 4) is 0 Å². The van der Waals surface area contributed by atoms with Crippen molar-refractivity contribution in [2.75, 3.05) is 6.61 Å². The van der Waals surface area contributed by atoms with Crippen LogP contribution in [0.15, 0.2) is 49.6 Å². The van der Waals surface area contributed by atoms with Crippen LogP contribution >= 0.6 is 9.07 Å². The van der Waals surface area contributed by atoms with E-state index in [9.17, 15) is 0 Å². The van der Waals surface area contributed by atoms with Crippen molar-refractivity contribution in [1.82, 2.24) is 0 Å². The van der Waals surface area contributed by atoms with Gasteiger partial charge in [0.25, 0.3) is 0 Å². The molecule has 0 fully saturated rings. The first-order valence-corrected chi connectivity index (χ1v) is 11.4. The van der Waals surface area contributed by atoms with E-state index in [1.807, 2.05) is 19.1 Å². The molecule has 1 nitrogen and oxygen atoms in total. The third kappa shape index (κ3) is 3.97. The van der Waals surface area contributed by atoms with Gasteiger partial charge in [0.2, 0.25) is 8.32 Å². The highest BCUT2D eigenvalue weighted by atomic mass is 35.5. The quantitative estimate of drug-likeness (QED) is 0.528. The standard InChI is InChI=1S/C14H19OSi.ClH.Mg/c1-4-12-16(13-5-2,15-6-3)14-10-8-7-9-11-14;;/h4-5,8-11H,1-2,6,12-13H2,3H3;1H;/q;;+1/p-1. The maximum atomic E-state index is 6.14. The Morgan fingerprint density at radius 1 is 1.22 bits per heavy atom. The van der Waals surface area contributed by atoms with Crippen LogP contribution < -0.4 is 8.88 Å². The van der Waals surface area contributed by atoms with Crippen LogP contribution in [0.1, 0.15) is 6.92 Å².